The first-order valence-electron chi connectivity index (χ1n) is 7.68. The quantitative estimate of drug-likeness (QED) is 0.911. The van der Waals surface area contributed by atoms with Crippen LogP contribution in [0.2, 0.25) is 0 Å². The zero-order valence-corrected chi connectivity index (χ0v) is 15.2. The Kier molecular flexibility index (Phi) is 6.86. The smallest absolute Gasteiger partial charge is 0.243 e. The molecular weight excluding hydrogens is 320 g/mol. The minimum Gasteiger partial charge on any atom is -0.328 e. The Hall–Kier alpha value is -0.620. The topological polar surface area (TPSA) is 63.4 Å². The van der Waals surface area contributed by atoms with Crippen molar-refractivity contribution in [2.75, 3.05) is 13.1 Å². The van der Waals surface area contributed by atoms with Gasteiger partial charge in [0.25, 0.3) is 0 Å². The molecule has 1 aliphatic rings. The van der Waals surface area contributed by atoms with E-state index in [4.69, 9.17) is 5.73 Å². The minimum absolute atomic E-state index is 0. The highest BCUT2D eigenvalue weighted by Gasteiger charge is 2.31. The lowest BCUT2D eigenvalue weighted by Gasteiger charge is -2.33. The first-order chi connectivity index (χ1) is 9.82. The second kappa shape index (κ2) is 7.77. The molecule has 0 spiro atoms. The second-order valence-electron chi connectivity index (χ2n) is 6.35. The van der Waals surface area contributed by atoms with Crippen LogP contribution in [-0.2, 0) is 10.0 Å². The van der Waals surface area contributed by atoms with Crippen LogP contribution in [0.3, 0.4) is 0 Å². The molecular formula is C16H27ClN2O2S. The molecule has 22 heavy (non-hydrogen) atoms. The average molecular weight is 347 g/mol. The number of hydrogen-bond acceptors (Lipinski definition) is 3. The monoisotopic (exact) mass is 346 g/mol. The maximum Gasteiger partial charge on any atom is 0.243 e. The molecule has 1 fully saturated rings. The van der Waals surface area contributed by atoms with Crippen LogP contribution >= 0.6 is 12.4 Å². The summed E-state index contributed by atoms with van der Waals surface area (Å²) in [5.41, 5.74) is 7.01. The van der Waals surface area contributed by atoms with Crippen molar-refractivity contribution in [2.24, 2.45) is 11.7 Å². The van der Waals surface area contributed by atoms with Crippen molar-refractivity contribution in [1.29, 1.82) is 0 Å². The summed E-state index contributed by atoms with van der Waals surface area (Å²) in [7, 11) is -3.41. The van der Waals surface area contributed by atoms with Crippen molar-refractivity contribution >= 4 is 22.4 Å². The van der Waals surface area contributed by atoms with Gasteiger partial charge in [-0.25, -0.2) is 8.42 Å². The first kappa shape index (κ1) is 19.4. The molecule has 0 aromatic heterocycles. The summed E-state index contributed by atoms with van der Waals surface area (Å²) in [6, 6.07) is 7.33. The average Bonchev–Trinajstić information content (AvgIpc) is 2.47. The predicted molar refractivity (Wildman–Crippen MR) is 92.9 cm³/mol. The van der Waals surface area contributed by atoms with Gasteiger partial charge in [0.1, 0.15) is 0 Å². The van der Waals surface area contributed by atoms with Crippen LogP contribution in [0.25, 0.3) is 0 Å². The predicted octanol–water partition coefficient (Wildman–Crippen LogP) is 2.98. The van der Waals surface area contributed by atoms with Gasteiger partial charge in [0.15, 0.2) is 0 Å². The largest absolute Gasteiger partial charge is 0.328 e. The lowest BCUT2D eigenvalue weighted by atomic mass is 9.93. The van der Waals surface area contributed by atoms with Crippen LogP contribution in [0.15, 0.2) is 29.2 Å². The highest BCUT2D eigenvalue weighted by Crippen LogP contribution is 2.26. The fourth-order valence-corrected chi connectivity index (χ4v) is 4.40. The lowest BCUT2D eigenvalue weighted by Crippen LogP contribution is -2.44. The molecule has 1 aliphatic heterocycles. The maximum absolute atomic E-state index is 12.8. The fourth-order valence-electron chi connectivity index (χ4n) is 2.80. The molecule has 1 aromatic carbocycles. The van der Waals surface area contributed by atoms with Crippen LogP contribution in [-0.4, -0.2) is 31.9 Å². The van der Waals surface area contributed by atoms with Gasteiger partial charge in [0.05, 0.1) is 4.90 Å². The van der Waals surface area contributed by atoms with Crippen molar-refractivity contribution in [2.45, 2.75) is 50.5 Å². The first-order valence-corrected chi connectivity index (χ1v) is 9.12. The van der Waals surface area contributed by atoms with Gasteiger partial charge < -0.3 is 5.73 Å². The molecule has 0 saturated carbocycles. The van der Waals surface area contributed by atoms with Gasteiger partial charge in [-0.05, 0) is 49.3 Å². The highest BCUT2D eigenvalue weighted by molar-refractivity contribution is 7.89. The van der Waals surface area contributed by atoms with Gasteiger partial charge in [-0.2, -0.15) is 4.31 Å². The van der Waals surface area contributed by atoms with E-state index in [0.29, 0.717) is 23.9 Å². The van der Waals surface area contributed by atoms with E-state index in [1.807, 2.05) is 19.1 Å². The molecule has 0 bridgehead atoms. The number of sulfonamides is 1. The number of benzene rings is 1. The molecule has 2 rings (SSSR count). The molecule has 0 radical (unpaired) electrons. The third-order valence-electron chi connectivity index (χ3n) is 4.33. The molecule has 126 valence electrons. The van der Waals surface area contributed by atoms with Crippen LogP contribution in [0, 0.1) is 5.92 Å². The zero-order chi connectivity index (χ0) is 15.6. The van der Waals surface area contributed by atoms with Gasteiger partial charge in [-0.3, -0.25) is 0 Å². The van der Waals surface area contributed by atoms with Gasteiger partial charge in [-0.1, -0.05) is 26.0 Å². The summed E-state index contributed by atoms with van der Waals surface area (Å²) in [5, 5.41) is 0. The Morgan fingerprint density at radius 3 is 2.55 bits per heavy atom. The highest BCUT2D eigenvalue weighted by atomic mass is 35.5. The Bertz CT molecular complexity index is 588. The number of nitrogens with zero attached hydrogens (tertiary/aromatic N) is 1. The summed E-state index contributed by atoms with van der Waals surface area (Å²) in [6.45, 7) is 7.22. The summed E-state index contributed by atoms with van der Waals surface area (Å²) < 4.78 is 27.2. The number of hydrogen-bond donors (Lipinski definition) is 1. The summed E-state index contributed by atoms with van der Waals surface area (Å²) in [5.74, 6) is 0.570. The minimum atomic E-state index is -3.41. The molecule has 1 aromatic rings. The normalized spacial score (nSPS) is 21.4. The Labute approximate surface area is 140 Å². The van der Waals surface area contributed by atoms with Crippen molar-refractivity contribution in [3.05, 3.63) is 29.8 Å². The van der Waals surface area contributed by atoms with E-state index in [-0.39, 0.29) is 24.4 Å². The molecule has 2 N–H and O–H groups in total. The van der Waals surface area contributed by atoms with Crippen LogP contribution in [0.1, 0.15) is 45.1 Å². The number of rotatable bonds is 4. The Morgan fingerprint density at radius 1 is 1.27 bits per heavy atom. The molecule has 1 heterocycles. The maximum atomic E-state index is 12.8. The summed E-state index contributed by atoms with van der Waals surface area (Å²) in [4.78, 5) is 0.402. The SMILES string of the molecule is CC(C)c1cccc(S(=O)(=O)N2CCCC(C(C)N)C2)c1.Cl. The van der Waals surface area contributed by atoms with E-state index in [1.54, 1.807) is 16.4 Å². The molecule has 0 aliphatic carbocycles. The summed E-state index contributed by atoms with van der Waals surface area (Å²) >= 11 is 0. The Balaban J connectivity index is 0.00000242. The van der Waals surface area contributed by atoms with Crippen LogP contribution in [0.5, 0.6) is 0 Å². The van der Waals surface area contributed by atoms with Crippen molar-refractivity contribution in [3.63, 3.8) is 0 Å². The van der Waals surface area contributed by atoms with Gasteiger partial charge in [0.2, 0.25) is 10.0 Å². The van der Waals surface area contributed by atoms with Gasteiger partial charge >= 0.3 is 0 Å². The standard InChI is InChI=1S/C16H26N2O2S.ClH/c1-12(2)14-6-4-8-16(10-14)21(19,20)18-9-5-7-15(11-18)13(3)17;/h4,6,8,10,12-13,15H,5,7,9,11,17H2,1-3H3;1H. The third kappa shape index (κ3) is 4.22. The van der Waals surface area contributed by atoms with Crippen molar-refractivity contribution < 1.29 is 8.42 Å². The van der Waals surface area contributed by atoms with E-state index < -0.39 is 10.0 Å². The lowest BCUT2D eigenvalue weighted by molar-refractivity contribution is 0.243. The zero-order valence-electron chi connectivity index (χ0n) is 13.5. The molecule has 1 saturated heterocycles. The van der Waals surface area contributed by atoms with Crippen LogP contribution in [0.4, 0.5) is 0 Å². The van der Waals surface area contributed by atoms with E-state index in [2.05, 4.69) is 13.8 Å². The van der Waals surface area contributed by atoms with E-state index in [9.17, 15) is 8.42 Å². The van der Waals surface area contributed by atoms with Crippen molar-refractivity contribution in [3.8, 4) is 0 Å². The molecule has 4 nitrogen and oxygen atoms in total. The van der Waals surface area contributed by atoms with E-state index in [1.165, 1.54) is 0 Å². The molecule has 2 unspecified atom stereocenters. The van der Waals surface area contributed by atoms with E-state index in [0.717, 1.165) is 18.4 Å². The van der Waals surface area contributed by atoms with E-state index >= 15 is 0 Å². The van der Waals surface area contributed by atoms with Gasteiger partial charge in [0, 0.05) is 19.1 Å². The van der Waals surface area contributed by atoms with Gasteiger partial charge in [-0.15, -0.1) is 12.4 Å². The second-order valence-corrected chi connectivity index (χ2v) is 8.29. The van der Waals surface area contributed by atoms with Crippen LogP contribution < -0.4 is 5.73 Å². The molecule has 2 atom stereocenters. The third-order valence-corrected chi connectivity index (χ3v) is 6.19. The number of piperidine rings is 1. The molecule has 0 amide bonds. The van der Waals surface area contributed by atoms with Crippen molar-refractivity contribution in [1.82, 2.24) is 4.31 Å². The number of nitrogens with two attached hydrogens (primary N) is 1. The Morgan fingerprint density at radius 2 is 1.95 bits per heavy atom. The molecule has 6 heteroatoms. The summed E-state index contributed by atoms with van der Waals surface area (Å²) in [6.07, 6.45) is 1.89. The number of halogens is 1. The fraction of sp³-hybridized carbons (Fsp3) is 0.625.